The molecule has 0 unspecified atom stereocenters. The highest BCUT2D eigenvalue weighted by atomic mass is 32.1. The Kier molecular flexibility index (Phi) is 5.43. The van der Waals surface area contributed by atoms with Crippen LogP contribution < -0.4 is 14.9 Å². The first kappa shape index (κ1) is 21.0. The van der Waals surface area contributed by atoms with Gasteiger partial charge in [0, 0.05) is 10.9 Å². The summed E-state index contributed by atoms with van der Waals surface area (Å²) in [5.74, 6) is 2.00. The standard InChI is InChI=1S/C25H22N4O3S/c1-15-5-4-6-19(11-15)26-25-29(28-17(3)22-9-7-16(2)32-22)21(14-33-25)18-8-10-23-20(12-18)27-24(30)13-31-23/h4-12,14H,13H2,1-3H3,(H,27,30). The molecule has 0 aliphatic carbocycles. The molecule has 0 radical (unpaired) electrons. The lowest BCUT2D eigenvalue weighted by atomic mass is 10.1. The third-order valence-electron chi connectivity index (χ3n) is 5.17. The minimum atomic E-state index is -0.171. The van der Waals surface area contributed by atoms with Crippen LogP contribution in [-0.4, -0.2) is 22.9 Å². The number of anilines is 1. The van der Waals surface area contributed by atoms with E-state index in [9.17, 15) is 4.79 Å². The van der Waals surface area contributed by atoms with Gasteiger partial charge in [-0.2, -0.15) is 5.10 Å². The number of hydrogen-bond donors (Lipinski definition) is 1. The summed E-state index contributed by atoms with van der Waals surface area (Å²) in [7, 11) is 0. The average Bonchev–Trinajstić information content (AvgIpc) is 3.40. The van der Waals surface area contributed by atoms with Gasteiger partial charge >= 0.3 is 0 Å². The van der Waals surface area contributed by atoms with E-state index >= 15 is 0 Å². The van der Waals surface area contributed by atoms with Gasteiger partial charge in [-0.05, 0) is 68.8 Å². The van der Waals surface area contributed by atoms with Gasteiger partial charge in [0.05, 0.1) is 17.1 Å². The fraction of sp³-hybridized carbons (Fsp3) is 0.160. The van der Waals surface area contributed by atoms with Crippen LogP contribution in [0, 0.1) is 13.8 Å². The lowest BCUT2D eigenvalue weighted by Gasteiger charge is -2.18. The number of amides is 1. The molecule has 5 rings (SSSR count). The van der Waals surface area contributed by atoms with Crippen molar-refractivity contribution in [2.75, 3.05) is 11.9 Å². The summed E-state index contributed by atoms with van der Waals surface area (Å²) in [5.41, 5.74) is 5.08. The molecule has 8 heteroatoms. The Morgan fingerprint density at radius 1 is 1.12 bits per heavy atom. The number of rotatable bonds is 4. The van der Waals surface area contributed by atoms with Crippen LogP contribution in [0.25, 0.3) is 11.3 Å². The number of nitrogens with zero attached hydrogens (tertiary/aromatic N) is 3. The molecule has 33 heavy (non-hydrogen) atoms. The van der Waals surface area contributed by atoms with Crippen LogP contribution in [0.3, 0.4) is 0 Å². The number of furan rings is 1. The van der Waals surface area contributed by atoms with Crippen molar-refractivity contribution in [1.82, 2.24) is 4.68 Å². The molecule has 2 aromatic carbocycles. The number of ether oxygens (including phenoxy) is 1. The Morgan fingerprint density at radius 2 is 2.00 bits per heavy atom. The summed E-state index contributed by atoms with van der Waals surface area (Å²) < 4.78 is 13.1. The first-order chi connectivity index (χ1) is 16.0. The number of fused-ring (bicyclic) bond motifs is 1. The molecule has 2 aromatic heterocycles. The highest BCUT2D eigenvalue weighted by molar-refractivity contribution is 7.07. The topological polar surface area (TPSA) is 81.1 Å². The Bertz CT molecular complexity index is 1460. The fourth-order valence-corrected chi connectivity index (χ4v) is 4.40. The van der Waals surface area contributed by atoms with Crippen LogP contribution >= 0.6 is 11.3 Å². The SMILES string of the molecule is CC(=Nn1c(-c2ccc3c(c2)NC(=O)CO3)csc1=Nc1cccc(C)c1)c1ccc(C)o1. The van der Waals surface area contributed by atoms with Gasteiger partial charge in [0.2, 0.25) is 4.80 Å². The van der Waals surface area contributed by atoms with E-state index in [2.05, 4.69) is 5.32 Å². The Morgan fingerprint density at radius 3 is 2.79 bits per heavy atom. The van der Waals surface area contributed by atoms with Crippen LogP contribution in [0.1, 0.15) is 24.0 Å². The summed E-state index contributed by atoms with van der Waals surface area (Å²) in [5, 5.41) is 9.74. The molecule has 1 N–H and O–H groups in total. The highest BCUT2D eigenvalue weighted by Crippen LogP contribution is 2.33. The summed E-state index contributed by atoms with van der Waals surface area (Å²) in [6.07, 6.45) is 0. The molecule has 0 spiro atoms. The predicted octanol–water partition coefficient (Wildman–Crippen LogP) is 5.26. The van der Waals surface area contributed by atoms with Crippen molar-refractivity contribution in [2.24, 2.45) is 10.1 Å². The molecule has 0 fully saturated rings. The maximum Gasteiger partial charge on any atom is 0.262 e. The summed E-state index contributed by atoms with van der Waals surface area (Å²) in [6, 6.07) is 17.5. The molecule has 1 aliphatic rings. The molecule has 166 valence electrons. The first-order valence-corrected chi connectivity index (χ1v) is 11.4. The lowest BCUT2D eigenvalue weighted by molar-refractivity contribution is -0.118. The monoisotopic (exact) mass is 458 g/mol. The minimum absolute atomic E-state index is 0.0242. The number of nitrogens with one attached hydrogen (secondary N) is 1. The van der Waals surface area contributed by atoms with Crippen molar-refractivity contribution < 1.29 is 13.9 Å². The van der Waals surface area contributed by atoms with Crippen LogP contribution in [-0.2, 0) is 4.79 Å². The third-order valence-corrected chi connectivity index (χ3v) is 5.98. The molecule has 0 saturated carbocycles. The fourth-order valence-electron chi connectivity index (χ4n) is 3.55. The Hall–Kier alpha value is -3.91. The Labute approximate surface area is 194 Å². The number of hydrogen-bond acceptors (Lipinski definition) is 6. The quantitative estimate of drug-likeness (QED) is 0.424. The molecule has 1 aliphatic heterocycles. The molecule has 3 heterocycles. The van der Waals surface area contributed by atoms with E-state index in [1.807, 2.05) is 85.4 Å². The van der Waals surface area contributed by atoms with Gasteiger partial charge in [-0.1, -0.05) is 12.1 Å². The molecule has 0 bridgehead atoms. The van der Waals surface area contributed by atoms with E-state index in [1.54, 1.807) is 0 Å². The maximum atomic E-state index is 11.8. The number of thiazole rings is 1. The third kappa shape index (κ3) is 4.38. The second-order valence-electron chi connectivity index (χ2n) is 7.81. The van der Waals surface area contributed by atoms with Crippen molar-refractivity contribution >= 4 is 34.3 Å². The zero-order valence-electron chi connectivity index (χ0n) is 18.5. The van der Waals surface area contributed by atoms with Crippen molar-refractivity contribution in [3.63, 3.8) is 0 Å². The largest absolute Gasteiger partial charge is 0.482 e. The number of benzene rings is 2. The molecule has 1 amide bonds. The van der Waals surface area contributed by atoms with Crippen LogP contribution in [0.15, 0.2) is 74.5 Å². The number of aromatic nitrogens is 1. The van der Waals surface area contributed by atoms with Crippen molar-refractivity contribution in [3.8, 4) is 17.0 Å². The first-order valence-electron chi connectivity index (χ1n) is 10.5. The van der Waals surface area contributed by atoms with Crippen molar-refractivity contribution in [1.29, 1.82) is 0 Å². The highest BCUT2D eigenvalue weighted by Gasteiger charge is 2.18. The van der Waals surface area contributed by atoms with E-state index in [-0.39, 0.29) is 12.5 Å². The van der Waals surface area contributed by atoms with Gasteiger partial charge in [-0.25, -0.2) is 9.67 Å². The predicted molar refractivity (Wildman–Crippen MR) is 129 cm³/mol. The van der Waals surface area contributed by atoms with Gasteiger partial charge in [0.1, 0.15) is 23.0 Å². The summed E-state index contributed by atoms with van der Waals surface area (Å²) in [4.78, 5) is 17.4. The molecular formula is C25H22N4O3S. The van der Waals surface area contributed by atoms with Gasteiger partial charge in [0.15, 0.2) is 6.61 Å². The van der Waals surface area contributed by atoms with Gasteiger partial charge in [-0.15, -0.1) is 11.3 Å². The van der Waals surface area contributed by atoms with Gasteiger partial charge in [0.25, 0.3) is 5.91 Å². The molecule has 7 nitrogen and oxygen atoms in total. The lowest BCUT2D eigenvalue weighted by Crippen LogP contribution is -2.25. The number of carbonyl (C=O) groups excluding carboxylic acids is 1. The number of carbonyl (C=O) groups is 1. The Balaban J connectivity index is 1.66. The van der Waals surface area contributed by atoms with E-state index in [0.717, 1.165) is 38.8 Å². The van der Waals surface area contributed by atoms with Crippen molar-refractivity contribution in [3.05, 3.63) is 81.9 Å². The molecule has 4 aromatic rings. The zero-order valence-corrected chi connectivity index (χ0v) is 19.3. The minimum Gasteiger partial charge on any atom is -0.482 e. The van der Waals surface area contributed by atoms with E-state index < -0.39 is 0 Å². The second-order valence-corrected chi connectivity index (χ2v) is 8.65. The molecule has 0 atom stereocenters. The smallest absolute Gasteiger partial charge is 0.262 e. The van der Waals surface area contributed by atoms with E-state index in [4.69, 9.17) is 19.2 Å². The van der Waals surface area contributed by atoms with Crippen LogP contribution in [0.2, 0.25) is 0 Å². The van der Waals surface area contributed by atoms with Gasteiger partial charge < -0.3 is 14.5 Å². The van der Waals surface area contributed by atoms with Gasteiger partial charge in [-0.3, -0.25) is 4.79 Å². The molecular weight excluding hydrogens is 436 g/mol. The van der Waals surface area contributed by atoms with Crippen molar-refractivity contribution in [2.45, 2.75) is 20.8 Å². The normalized spacial score (nSPS) is 14.1. The average molecular weight is 459 g/mol. The van der Waals surface area contributed by atoms with Crippen LogP contribution in [0.5, 0.6) is 5.75 Å². The maximum absolute atomic E-state index is 11.8. The summed E-state index contributed by atoms with van der Waals surface area (Å²) in [6.45, 7) is 5.88. The second kappa shape index (κ2) is 8.55. The van der Waals surface area contributed by atoms with Crippen LogP contribution in [0.4, 0.5) is 11.4 Å². The zero-order chi connectivity index (χ0) is 22.9. The molecule has 0 saturated heterocycles. The number of aryl methyl sites for hydroxylation is 2. The van der Waals surface area contributed by atoms with E-state index in [0.29, 0.717) is 17.2 Å². The van der Waals surface area contributed by atoms with E-state index in [1.165, 1.54) is 11.3 Å². The summed E-state index contributed by atoms with van der Waals surface area (Å²) >= 11 is 1.49.